The summed E-state index contributed by atoms with van der Waals surface area (Å²) in [6, 6.07) is 13.6. The Balaban J connectivity index is 2.48. The maximum Gasteiger partial charge on any atom is 0.335 e. The van der Waals surface area contributed by atoms with Crippen molar-refractivity contribution in [3.63, 3.8) is 0 Å². The molecule has 0 heterocycles. The molecular weight excluding hydrogens is 290 g/mol. The molecule has 0 amide bonds. The van der Waals surface area contributed by atoms with Gasteiger partial charge in [-0.1, -0.05) is 35.9 Å². The van der Waals surface area contributed by atoms with E-state index >= 15 is 0 Å². The smallest absolute Gasteiger partial charge is 0.335 e. The third-order valence-electron chi connectivity index (χ3n) is 3.28. The van der Waals surface area contributed by atoms with Gasteiger partial charge in [0, 0.05) is 0 Å². The zero-order chi connectivity index (χ0) is 15.5. The van der Waals surface area contributed by atoms with E-state index in [4.69, 9.17) is 16.3 Å². The molecule has 5 heteroatoms. The van der Waals surface area contributed by atoms with Gasteiger partial charge in [-0.3, -0.25) is 0 Å². The van der Waals surface area contributed by atoms with Crippen LogP contribution >= 0.6 is 11.6 Å². The van der Waals surface area contributed by atoms with Gasteiger partial charge in [0.05, 0.1) is 17.8 Å². The lowest BCUT2D eigenvalue weighted by atomic mass is 9.91. The van der Waals surface area contributed by atoms with Gasteiger partial charge in [-0.25, -0.2) is 4.79 Å². The molecule has 1 unspecified atom stereocenters. The van der Waals surface area contributed by atoms with Crippen LogP contribution in [0.1, 0.15) is 12.5 Å². The minimum atomic E-state index is -1.17. The minimum absolute atomic E-state index is 0.0728. The largest absolute Gasteiger partial charge is 0.508 e. The highest BCUT2D eigenvalue weighted by Crippen LogP contribution is 2.32. The van der Waals surface area contributed by atoms with Crippen molar-refractivity contribution in [2.75, 3.05) is 12.4 Å². The molecule has 0 aromatic heterocycles. The Morgan fingerprint density at radius 2 is 1.95 bits per heavy atom. The van der Waals surface area contributed by atoms with Crippen LogP contribution in [0.25, 0.3) is 0 Å². The Kier molecular flexibility index (Phi) is 4.38. The number of hydrogen-bond acceptors (Lipinski definition) is 4. The highest BCUT2D eigenvalue weighted by molar-refractivity contribution is 6.33. The number of ether oxygens (including phenoxy) is 1. The second kappa shape index (κ2) is 6.06. The van der Waals surface area contributed by atoms with Crippen molar-refractivity contribution >= 4 is 23.3 Å². The van der Waals surface area contributed by atoms with Crippen LogP contribution in [-0.4, -0.2) is 18.2 Å². The monoisotopic (exact) mass is 305 g/mol. The standard InChI is InChI=1S/C16H16ClNO3/c1-16(15(20)21-2,11-6-5-7-12(19)10-11)18-14-9-4-3-8-13(14)17/h3-10,18-19H,1-2H3. The van der Waals surface area contributed by atoms with E-state index < -0.39 is 11.5 Å². The molecule has 0 saturated carbocycles. The van der Waals surface area contributed by atoms with Gasteiger partial charge in [0.2, 0.25) is 0 Å². The van der Waals surface area contributed by atoms with Gasteiger partial charge in [-0.15, -0.1) is 0 Å². The second-order valence-corrected chi connectivity index (χ2v) is 5.18. The summed E-state index contributed by atoms with van der Waals surface area (Å²) in [5.74, 6) is -0.406. The molecule has 0 radical (unpaired) electrons. The zero-order valence-electron chi connectivity index (χ0n) is 11.8. The molecule has 0 fully saturated rings. The molecule has 0 bridgehead atoms. The normalized spacial score (nSPS) is 13.3. The van der Waals surface area contributed by atoms with E-state index in [1.165, 1.54) is 19.2 Å². The molecule has 110 valence electrons. The predicted octanol–water partition coefficient (Wildman–Crippen LogP) is 3.55. The third kappa shape index (κ3) is 3.11. The lowest BCUT2D eigenvalue weighted by Crippen LogP contribution is -2.41. The van der Waals surface area contributed by atoms with Gasteiger partial charge in [0.1, 0.15) is 5.75 Å². The molecule has 21 heavy (non-hydrogen) atoms. The van der Waals surface area contributed by atoms with Gasteiger partial charge < -0.3 is 15.2 Å². The molecule has 0 saturated heterocycles. The van der Waals surface area contributed by atoms with Gasteiger partial charge in [-0.05, 0) is 36.8 Å². The van der Waals surface area contributed by atoms with E-state index in [1.807, 2.05) is 6.07 Å². The topological polar surface area (TPSA) is 58.6 Å². The van der Waals surface area contributed by atoms with E-state index in [1.54, 1.807) is 37.3 Å². The molecule has 2 rings (SSSR count). The Morgan fingerprint density at radius 1 is 1.24 bits per heavy atom. The molecular formula is C16H16ClNO3. The maximum atomic E-state index is 12.3. The Labute approximate surface area is 128 Å². The van der Waals surface area contributed by atoms with Crippen LogP contribution in [0.15, 0.2) is 48.5 Å². The van der Waals surface area contributed by atoms with Crippen LogP contribution in [0.4, 0.5) is 5.69 Å². The van der Waals surface area contributed by atoms with Crippen molar-refractivity contribution < 1.29 is 14.6 Å². The number of halogens is 1. The van der Waals surface area contributed by atoms with Crippen molar-refractivity contribution in [2.24, 2.45) is 0 Å². The van der Waals surface area contributed by atoms with E-state index in [0.717, 1.165) is 0 Å². The average Bonchev–Trinajstić information content (AvgIpc) is 2.48. The number of para-hydroxylation sites is 1. The lowest BCUT2D eigenvalue weighted by molar-refractivity contribution is -0.145. The molecule has 0 aliphatic rings. The summed E-state index contributed by atoms with van der Waals surface area (Å²) in [7, 11) is 1.32. The van der Waals surface area contributed by atoms with Crippen LogP contribution in [0, 0.1) is 0 Å². The third-order valence-corrected chi connectivity index (χ3v) is 3.61. The molecule has 0 aliphatic heterocycles. The fourth-order valence-electron chi connectivity index (χ4n) is 2.09. The SMILES string of the molecule is COC(=O)C(C)(Nc1ccccc1Cl)c1cccc(O)c1. The number of phenols is 1. The van der Waals surface area contributed by atoms with Gasteiger partial charge in [-0.2, -0.15) is 0 Å². The number of rotatable bonds is 4. The van der Waals surface area contributed by atoms with Crippen molar-refractivity contribution in [2.45, 2.75) is 12.5 Å². The van der Waals surface area contributed by atoms with Crippen LogP contribution < -0.4 is 5.32 Å². The summed E-state index contributed by atoms with van der Waals surface area (Å²) in [6.45, 7) is 1.68. The summed E-state index contributed by atoms with van der Waals surface area (Å²) in [4.78, 5) is 12.3. The number of nitrogens with one attached hydrogen (secondary N) is 1. The van der Waals surface area contributed by atoms with Crippen molar-refractivity contribution in [1.82, 2.24) is 0 Å². The van der Waals surface area contributed by atoms with Crippen LogP contribution in [0.5, 0.6) is 5.75 Å². The number of esters is 1. The fourth-order valence-corrected chi connectivity index (χ4v) is 2.28. The molecule has 2 aromatic carbocycles. The number of hydrogen-bond donors (Lipinski definition) is 2. The first-order chi connectivity index (χ1) is 9.97. The highest BCUT2D eigenvalue weighted by atomic mass is 35.5. The Bertz CT molecular complexity index is 659. The molecule has 0 aliphatic carbocycles. The quantitative estimate of drug-likeness (QED) is 0.848. The van der Waals surface area contributed by atoms with E-state index in [0.29, 0.717) is 16.3 Å². The van der Waals surface area contributed by atoms with Gasteiger partial charge in [0.15, 0.2) is 5.54 Å². The maximum absolute atomic E-state index is 12.3. The first-order valence-electron chi connectivity index (χ1n) is 6.38. The van der Waals surface area contributed by atoms with Crippen molar-refractivity contribution in [3.05, 3.63) is 59.1 Å². The number of aromatic hydroxyl groups is 1. The van der Waals surface area contributed by atoms with E-state index in [2.05, 4.69) is 5.32 Å². The summed E-state index contributed by atoms with van der Waals surface area (Å²) in [6.07, 6.45) is 0. The number of phenolic OH excluding ortho intramolecular Hbond substituents is 1. The minimum Gasteiger partial charge on any atom is -0.508 e. The first-order valence-corrected chi connectivity index (χ1v) is 6.76. The van der Waals surface area contributed by atoms with E-state index in [9.17, 15) is 9.90 Å². The summed E-state index contributed by atoms with van der Waals surface area (Å²) in [5, 5.41) is 13.2. The number of anilines is 1. The molecule has 2 aromatic rings. The first kappa shape index (κ1) is 15.2. The molecule has 1 atom stereocenters. The summed E-state index contributed by atoms with van der Waals surface area (Å²) >= 11 is 6.13. The van der Waals surface area contributed by atoms with Crippen molar-refractivity contribution in [1.29, 1.82) is 0 Å². The number of benzene rings is 2. The number of methoxy groups -OCH3 is 1. The Hall–Kier alpha value is -2.20. The summed E-state index contributed by atoms with van der Waals surface area (Å²) < 4.78 is 4.90. The Morgan fingerprint density at radius 3 is 2.57 bits per heavy atom. The van der Waals surface area contributed by atoms with E-state index in [-0.39, 0.29) is 5.75 Å². The molecule has 0 spiro atoms. The fraction of sp³-hybridized carbons (Fsp3) is 0.188. The van der Waals surface area contributed by atoms with Crippen LogP contribution in [-0.2, 0) is 15.1 Å². The molecule has 4 nitrogen and oxygen atoms in total. The number of carbonyl (C=O) groups excluding carboxylic acids is 1. The highest BCUT2D eigenvalue weighted by Gasteiger charge is 2.37. The summed E-state index contributed by atoms with van der Waals surface area (Å²) in [5.41, 5.74) is 0.0167. The lowest BCUT2D eigenvalue weighted by Gasteiger charge is -2.30. The molecule has 2 N–H and O–H groups in total. The van der Waals surface area contributed by atoms with Gasteiger partial charge in [0.25, 0.3) is 0 Å². The van der Waals surface area contributed by atoms with Crippen molar-refractivity contribution in [3.8, 4) is 5.75 Å². The predicted molar refractivity (Wildman–Crippen MR) is 82.5 cm³/mol. The van der Waals surface area contributed by atoms with Gasteiger partial charge >= 0.3 is 5.97 Å². The second-order valence-electron chi connectivity index (χ2n) is 4.77. The van der Waals surface area contributed by atoms with Crippen LogP contribution in [0.3, 0.4) is 0 Å². The zero-order valence-corrected chi connectivity index (χ0v) is 12.5. The average molecular weight is 306 g/mol. The number of carbonyl (C=O) groups is 1. The van der Waals surface area contributed by atoms with Crippen LogP contribution in [0.2, 0.25) is 5.02 Å².